The van der Waals surface area contributed by atoms with Gasteiger partial charge in [0.2, 0.25) is 5.91 Å². The van der Waals surface area contributed by atoms with Crippen LogP contribution in [0.5, 0.6) is 11.5 Å². The quantitative estimate of drug-likeness (QED) is 0.735. The third kappa shape index (κ3) is 4.83. The number of rotatable bonds is 6. The average Bonchev–Trinajstić information content (AvgIpc) is 2.55. The molecule has 0 spiro atoms. The van der Waals surface area contributed by atoms with E-state index in [0.29, 0.717) is 18.1 Å². The number of carbonyl (C=O) groups excluding carboxylic acids is 1. The van der Waals surface area contributed by atoms with E-state index in [1.807, 2.05) is 43.3 Å². The third-order valence-corrected chi connectivity index (χ3v) is 3.68. The number of amides is 1. The van der Waals surface area contributed by atoms with Gasteiger partial charge >= 0.3 is 0 Å². The lowest BCUT2D eigenvalue weighted by Crippen LogP contribution is -2.04. The molecule has 5 nitrogen and oxygen atoms in total. The SMILES string of the molecule is CCOc1c(Br)cc(C=Nc2ccc(NC(C)=O)cc2)cc1OC. The molecule has 24 heavy (non-hydrogen) atoms. The first-order valence-electron chi connectivity index (χ1n) is 7.45. The van der Waals surface area contributed by atoms with E-state index in [1.54, 1.807) is 13.3 Å². The monoisotopic (exact) mass is 390 g/mol. The maximum Gasteiger partial charge on any atom is 0.221 e. The number of nitrogens with one attached hydrogen (secondary N) is 1. The van der Waals surface area contributed by atoms with Crippen LogP contribution in [-0.4, -0.2) is 25.8 Å². The van der Waals surface area contributed by atoms with Gasteiger partial charge in [-0.2, -0.15) is 0 Å². The second-order valence-corrected chi connectivity index (χ2v) is 5.81. The van der Waals surface area contributed by atoms with E-state index < -0.39 is 0 Å². The lowest BCUT2D eigenvalue weighted by atomic mass is 10.2. The molecule has 0 aliphatic carbocycles. The van der Waals surface area contributed by atoms with E-state index in [-0.39, 0.29) is 5.91 Å². The van der Waals surface area contributed by atoms with Gasteiger partial charge in [0.15, 0.2) is 11.5 Å². The molecular weight excluding hydrogens is 372 g/mol. The summed E-state index contributed by atoms with van der Waals surface area (Å²) in [5, 5.41) is 2.72. The smallest absolute Gasteiger partial charge is 0.221 e. The molecule has 0 unspecified atom stereocenters. The number of ether oxygens (including phenoxy) is 2. The van der Waals surface area contributed by atoms with Gasteiger partial charge in [0.25, 0.3) is 0 Å². The molecule has 0 radical (unpaired) electrons. The van der Waals surface area contributed by atoms with Crippen LogP contribution in [0.2, 0.25) is 0 Å². The standard InChI is InChI=1S/C18H19BrN2O3/c1-4-24-18-16(19)9-13(10-17(18)23-3)11-20-14-5-7-15(8-6-14)21-12(2)22/h5-11H,4H2,1-3H3,(H,21,22). The largest absolute Gasteiger partial charge is 0.493 e. The molecule has 0 aromatic heterocycles. The summed E-state index contributed by atoms with van der Waals surface area (Å²) in [4.78, 5) is 15.4. The van der Waals surface area contributed by atoms with Gasteiger partial charge in [-0.25, -0.2) is 0 Å². The minimum atomic E-state index is -0.0995. The maximum absolute atomic E-state index is 11.0. The molecule has 1 N–H and O–H groups in total. The van der Waals surface area contributed by atoms with Gasteiger partial charge in [0, 0.05) is 18.8 Å². The first-order valence-corrected chi connectivity index (χ1v) is 8.24. The van der Waals surface area contributed by atoms with Crippen LogP contribution in [0, 0.1) is 0 Å². The number of halogens is 1. The fourth-order valence-electron chi connectivity index (χ4n) is 2.08. The summed E-state index contributed by atoms with van der Waals surface area (Å²) in [7, 11) is 1.60. The van der Waals surface area contributed by atoms with Crippen molar-refractivity contribution >= 4 is 39.4 Å². The zero-order chi connectivity index (χ0) is 17.5. The van der Waals surface area contributed by atoms with Gasteiger partial charge in [-0.15, -0.1) is 0 Å². The average molecular weight is 391 g/mol. The van der Waals surface area contributed by atoms with Crippen molar-refractivity contribution in [2.75, 3.05) is 19.0 Å². The molecule has 0 atom stereocenters. The van der Waals surface area contributed by atoms with Crippen LogP contribution in [0.4, 0.5) is 11.4 Å². The zero-order valence-electron chi connectivity index (χ0n) is 13.8. The second-order valence-electron chi connectivity index (χ2n) is 4.95. The van der Waals surface area contributed by atoms with Gasteiger partial charge in [0.05, 0.1) is 23.9 Å². The van der Waals surface area contributed by atoms with Gasteiger partial charge in [-0.1, -0.05) is 0 Å². The van der Waals surface area contributed by atoms with Crippen molar-refractivity contribution < 1.29 is 14.3 Å². The lowest BCUT2D eigenvalue weighted by molar-refractivity contribution is -0.114. The van der Waals surface area contributed by atoms with Crippen LogP contribution in [0.3, 0.4) is 0 Å². The highest BCUT2D eigenvalue weighted by Gasteiger charge is 2.10. The number of benzene rings is 2. The van der Waals surface area contributed by atoms with Crippen LogP contribution in [0.1, 0.15) is 19.4 Å². The molecule has 2 rings (SSSR count). The van der Waals surface area contributed by atoms with E-state index in [4.69, 9.17) is 9.47 Å². The summed E-state index contributed by atoms with van der Waals surface area (Å²) < 4.78 is 11.7. The van der Waals surface area contributed by atoms with Gasteiger partial charge in [0.1, 0.15) is 0 Å². The van der Waals surface area contributed by atoms with Crippen molar-refractivity contribution in [2.45, 2.75) is 13.8 Å². The third-order valence-electron chi connectivity index (χ3n) is 3.09. The number of hydrogen-bond donors (Lipinski definition) is 1. The Bertz CT molecular complexity index is 743. The molecule has 1 amide bonds. The highest BCUT2D eigenvalue weighted by molar-refractivity contribution is 9.10. The molecule has 0 saturated carbocycles. The predicted octanol–water partition coefficient (Wildman–Crippen LogP) is 4.57. The van der Waals surface area contributed by atoms with Crippen LogP contribution in [-0.2, 0) is 4.79 Å². The highest BCUT2D eigenvalue weighted by Crippen LogP contribution is 2.36. The molecule has 2 aromatic rings. The zero-order valence-corrected chi connectivity index (χ0v) is 15.4. The number of anilines is 1. The number of carbonyl (C=O) groups is 1. The Labute approximate surface area is 149 Å². The Morgan fingerprint density at radius 2 is 2.00 bits per heavy atom. The van der Waals surface area contributed by atoms with Gasteiger partial charge < -0.3 is 14.8 Å². The van der Waals surface area contributed by atoms with Crippen molar-refractivity contribution in [3.8, 4) is 11.5 Å². The van der Waals surface area contributed by atoms with Crippen molar-refractivity contribution in [3.63, 3.8) is 0 Å². The van der Waals surface area contributed by atoms with Crippen molar-refractivity contribution in [2.24, 2.45) is 4.99 Å². The summed E-state index contributed by atoms with van der Waals surface area (Å²) in [6.07, 6.45) is 1.75. The molecule has 126 valence electrons. The molecule has 0 heterocycles. The van der Waals surface area contributed by atoms with E-state index in [2.05, 4.69) is 26.2 Å². The summed E-state index contributed by atoms with van der Waals surface area (Å²) in [6.45, 7) is 3.96. The summed E-state index contributed by atoms with van der Waals surface area (Å²) in [5.41, 5.74) is 2.41. The van der Waals surface area contributed by atoms with Crippen LogP contribution < -0.4 is 14.8 Å². The number of methoxy groups -OCH3 is 1. The van der Waals surface area contributed by atoms with Gasteiger partial charge in [-0.3, -0.25) is 9.79 Å². The Hall–Kier alpha value is -2.34. The maximum atomic E-state index is 11.0. The molecule has 0 aliphatic heterocycles. The van der Waals surface area contributed by atoms with Crippen LogP contribution >= 0.6 is 15.9 Å². The van der Waals surface area contributed by atoms with E-state index >= 15 is 0 Å². The normalized spacial score (nSPS) is 10.7. The predicted molar refractivity (Wildman–Crippen MR) is 99.9 cm³/mol. The minimum absolute atomic E-state index is 0.0995. The first kappa shape index (κ1) is 18.0. The Balaban J connectivity index is 2.19. The highest BCUT2D eigenvalue weighted by atomic mass is 79.9. The molecule has 0 saturated heterocycles. The Kier molecular flexibility index (Phi) is 6.37. The molecule has 6 heteroatoms. The fraction of sp³-hybridized carbons (Fsp3) is 0.222. The number of nitrogens with zero attached hydrogens (tertiary/aromatic N) is 1. The minimum Gasteiger partial charge on any atom is -0.493 e. The fourth-order valence-corrected chi connectivity index (χ4v) is 2.66. The lowest BCUT2D eigenvalue weighted by Gasteiger charge is -2.12. The molecule has 0 aliphatic rings. The molecule has 0 bridgehead atoms. The van der Waals surface area contributed by atoms with Crippen molar-refractivity contribution in [1.82, 2.24) is 0 Å². The second kappa shape index (κ2) is 8.49. The van der Waals surface area contributed by atoms with Crippen molar-refractivity contribution in [3.05, 3.63) is 46.4 Å². The van der Waals surface area contributed by atoms with E-state index in [9.17, 15) is 4.79 Å². The van der Waals surface area contributed by atoms with E-state index in [0.717, 1.165) is 21.4 Å². The van der Waals surface area contributed by atoms with E-state index in [1.165, 1.54) is 6.92 Å². The molecule has 0 fully saturated rings. The number of hydrogen-bond acceptors (Lipinski definition) is 4. The summed E-state index contributed by atoms with van der Waals surface area (Å²) >= 11 is 3.49. The number of aliphatic imine (C=N–C) groups is 1. The van der Waals surface area contributed by atoms with Crippen LogP contribution in [0.15, 0.2) is 45.9 Å². The topological polar surface area (TPSA) is 59.9 Å². The van der Waals surface area contributed by atoms with Gasteiger partial charge in [-0.05, 0) is 64.8 Å². The molecule has 2 aromatic carbocycles. The van der Waals surface area contributed by atoms with Crippen LogP contribution in [0.25, 0.3) is 0 Å². The summed E-state index contributed by atoms with van der Waals surface area (Å²) in [6, 6.07) is 11.1. The van der Waals surface area contributed by atoms with Crippen molar-refractivity contribution in [1.29, 1.82) is 0 Å². The Morgan fingerprint density at radius 3 is 2.58 bits per heavy atom. The Morgan fingerprint density at radius 1 is 1.29 bits per heavy atom. The molecular formula is C18H19BrN2O3. The summed E-state index contributed by atoms with van der Waals surface area (Å²) in [5.74, 6) is 1.23. The first-order chi connectivity index (χ1) is 11.5.